The Morgan fingerprint density at radius 2 is 2.14 bits per heavy atom. The van der Waals surface area contributed by atoms with Gasteiger partial charge >= 0.3 is 0 Å². The second-order valence-electron chi connectivity index (χ2n) is 4.71. The Balaban J connectivity index is 1.77. The van der Waals surface area contributed by atoms with Crippen molar-refractivity contribution in [1.29, 1.82) is 0 Å². The number of carbonyl (C=O) groups is 1. The number of rotatable bonds is 8. The fraction of sp³-hybridized carbons (Fsp3) is 0.375. The van der Waals surface area contributed by atoms with E-state index < -0.39 is 0 Å². The van der Waals surface area contributed by atoms with E-state index in [9.17, 15) is 4.79 Å². The molecule has 1 aromatic carbocycles. The molecule has 21 heavy (non-hydrogen) atoms. The molecule has 1 amide bonds. The number of ether oxygens (including phenoxy) is 1. The predicted molar refractivity (Wildman–Crippen MR) is 84.5 cm³/mol. The summed E-state index contributed by atoms with van der Waals surface area (Å²) in [6.07, 6.45) is 2.43. The van der Waals surface area contributed by atoms with Crippen LogP contribution in [0.4, 0.5) is 0 Å². The first-order valence-electron chi connectivity index (χ1n) is 7.15. The summed E-state index contributed by atoms with van der Waals surface area (Å²) in [7, 11) is 0. The van der Waals surface area contributed by atoms with Gasteiger partial charge in [-0.15, -0.1) is 11.3 Å². The van der Waals surface area contributed by atoms with E-state index in [1.54, 1.807) is 0 Å². The van der Waals surface area contributed by atoms with Crippen LogP contribution in [0.25, 0.3) is 0 Å². The molecule has 0 aliphatic carbocycles. The van der Waals surface area contributed by atoms with Crippen molar-refractivity contribution >= 4 is 17.2 Å². The Labute approximate surface area is 129 Å². The zero-order chi connectivity index (χ0) is 14.9. The molecule has 0 bridgehead atoms. The van der Waals surface area contributed by atoms with Crippen molar-refractivity contribution in [2.24, 2.45) is 0 Å². The molecular formula is C16H20N2O2S. The van der Waals surface area contributed by atoms with Crippen LogP contribution < -0.4 is 10.1 Å². The molecule has 112 valence electrons. The lowest BCUT2D eigenvalue weighted by atomic mass is 10.3. The number of para-hydroxylation sites is 1. The molecule has 0 atom stereocenters. The van der Waals surface area contributed by atoms with Crippen molar-refractivity contribution in [2.45, 2.75) is 32.8 Å². The van der Waals surface area contributed by atoms with Crippen molar-refractivity contribution in [3.05, 3.63) is 46.4 Å². The molecule has 1 heterocycles. The normalized spacial score (nSPS) is 10.3. The number of aromatic nitrogens is 1. The third-order valence-corrected chi connectivity index (χ3v) is 3.77. The summed E-state index contributed by atoms with van der Waals surface area (Å²) in [5.74, 6) is 0.857. The molecule has 4 nitrogen and oxygen atoms in total. The Hall–Kier alpha value is -1.88. The molecule has 0 aliphatic rings. The summed E-state index contributed by atoms with van der Waals surface area (Å²) in [4.78, 5) is 16.1. The lowest BCUT2D eigenvalue weighted by Gasteiger charge is -2.03. The summed E-state index contributed by atoms with van der Waals surface area (Å²) in [5, 5.41) is 5.70. The van der Waals surface area contributed by atoms with Gasteiger partial charge in [0.05, 0.1) is 12.1 Å². The van der Waals surface area contributed by atoms with E-state index in [4.69, 9.17) is 4.74 Å². The van der Waals surface area contributed by atoms with Gasteiger partial charge in [0.25, 0.3) is 0 Å². The van der Waals surface area contributed by atoms with E-state index in [1.165, 1.54) is 11.3 Å². The Morgan fingerprint density at radius 1 is 1.33 bits per heavy atom. The maximum atomic E-state index is 11.7. The number of amides is 1. The topological polar surface area (TPSA) is 51.2 Å². The maximum absolute atomic E-state index is 11.7. The van der Waals surface area contributed by atoms with Gasteiger partial charge in [0.15, 0.2) is 0 Å². The van der Waals surface area contributed by atoms with Crippen LogP contribution in [0.2, 0.25) is 0 Å². The van der Waals surface area contributed by atoms with Crippen LogP contribution >= 0.6 is 11.3 Å². The second kappa shape index (κ2) is 8.42. The number of hydrogen-bond donors (Lipinski definition) is 1. The van der Waals surface area contributed by atoms with Gasteiger partial charge in [-0.3, -0.25) is 4.79 Å². The molecule has 1 N–H and O–H groups in total. The number of thiazole rings is 1. The lowest BCUT2D eigenvalue weighted by Crippen LogP contribution is -2.26. The second-order valence-corrected chi connectivity index (χ2v) is 5.66. The Kier molecular flexibility index (Phi) is 6.22. The van der Waals surface area contributed by atoms with Crippen LogP contribution in [0.5, 0.6) is 5.75 Å². The smallest absolute Gasteiger partial charge is 0.226 e. The number of nitrogens with zero attached hydrogens (tertiary/aromatic N) is 1. The van der Waals surface area contributed by atoms with Gasteiger partial charge < -0.3 is 10.1 Å². The molecule has 0 aliphatic heterocycles. The number of nitrogens with one attached hydrogen (secondary N) is 1. The molecule has 2 rings (SSSR count). The van der Waals surface area contributed by atoms with E-state index in [2.05, 4.69) is 17.2 Å². The lowest BCUT2D eigenvalue weighted by molar-refractivity contribution is -0.120. The fourth-order valence-corrected chi connectivity index (χ4v) is 2.49. The van der Waals surface area contributed by atoms with Crippen LogP contribution in [0.1, 0.15) is 30.5 Å². The minimum absolute atomic E-state index is 0.0317. The Morgan fingerprint density at radius 3 is 2.90 bits per heavy atom. The maximum Gasteiger partial charge on any atom is 0.226 e. The first-order valence-corrected chi connectivity index (χ1v) is 8.03. The van der Waals surface area contributed by atoms with Crippen LogP contribution in [-0.4, -0.2) is 17.4 Å². The number of carbonyl (C=O) groups excluding carboxylic acids is 1. The summed E-state index contributed by atoms with van der Waals surface area (Å²) in [6.45, 7) is 3.28. The minimum atomic E-state index is 0.0317. The standard InChI is InChI=1S/C16H20N2O2S/c1-2-3-9-17-15(19)10-13-12-21-16(18-13)11-20-14-7-5-4-6-8-14/h4-8,12H,2-3,9-11H2,1H3,(H,17,19). The third kappa shape index (κ3) is 5.55. The van der Waals surface area contributed by atoms with E-state index in [0.29, 0.717) is 13.0 Å². The molecule has 0 saturated carbocycles. The minimum Gasteiger partial charge on any atom is -0.486 e. The van der Waals surface area contributed by atoms with Crippen molar-refractivity contribution in [2.75, 3.05) is 6.54 Å². The summed E-state index contributed by atoms with van der Waals surface area (Å²) in [6, 6.07) is 9.64. The number of unbranched alkanes of at least 4 members (excludes halogenated alkanes) is 1. The molecule has 0 fully saturated rings. The van der Waals surface area contributed by atoms with E-state index in [-0.39, 0.29) is 5.91 Å². The van der Waals surface area contributed by atoms with Gasteiger partial charge in [-0.1, -0.05) is 31.5 Å². The predicted octanol–water partition coefficient (Wildman–Crippen LogP) is 3.18. The van der Waals surface area contributed by atoms with E-state index in [0.717, 1.165) is 35.8 Å². The van der Waals surface area contributed by atoms with Crippen molar-refractivity contribution in [1.82, 2.24) is 10.3 Å². The molecule has 2 aromatic rings. The van der Waals surface area contributed by atoms with E-state index >= 15 is 0 Å². The highest BCUT2D eigenvalue weighted by Crippen LogP contribution is 2.15. The summed E-state index contributed by atoms with van der Waals surface area (Å²) in [5.41, 5.74) is 0.806. The summed E-state index contributed by atoms with van der Waals surface area (Å²) >= 11 is 1.52. The zero-order valence-electron chi connectivity index (χ0n) is 12.2. The fourth-order valence-electron chi connectivity index (χ4n) is 1.79. The van der Waals surface area contributed by atoms with Crippen molar-refractivity contribution in [3.63, 3.8) is 0 Å². The molecule has 0 spiro atoms. The van der Waals surface area contributed by atoms with Crippen molar-refractivity contribution < 1.29 is 9.53 Å². The molecule has 5 heteroatoms. The average molecular weight is 304 g/mol. The molecule has 0 radical (unpaired) electrons. The SMILES string of the molecule is CCCCNC(=O)Cc1csc(COc2ccccc2)n1. The van der Waals surface area contributed by atoms with Crippen LogP contribution in [0.3, 0.4) is 0 Å². The van der Waals surface area contributed by atoms with Gasteiger partial charge in [-0.2, -0.15) is 0 Å². The molecule has 0 saturated heterocycles. The third-order valence-electron chi connectivity index (χ3n) is 2.90. The molecular weight excluding hydrogens is 284 g/mol. The monoisotopic (exact) mass is 304 g/mol. The zero-order valence-corrected chi connectivity index (χ0v) is 13.0. The highest BCUT2D eigenvalue weighted by atomic mass is 32.1. The summed E-state index contributed by atoms with van der Waals surface area (Å²) < 4.78 is 5.64. The van der Waals surface area contributed by atoms with Crippen LogP contribution in [0, 0.1) is 0 Å². The van der Waals surface area contributed by atoms with Crippen LogP contribution in [-0.2, 0) is 17.8 Å². The van der Waals surface area contributed by atoms with Gasteiger partial charge in [0.1, 0.15) is 17.4 Å². The van der Waals surface area contributed by atoms with E-state index in [1.807, 2.05) is 35.7 Å². The van der Waals surface area contributed by atoms with Gasteiger partial charge in [0.2, 0.25) is 5.91 Å². The first-order chi connectivity index (χ1) is 10.3. The quantitative estimate of drug-likeness (QED) is 0.762. The number of benzene rings is 1. The van der Waals surface area contributed by atoms with Crippen LogP contribution in [0.15, 0.2) is 35.7 Å². The number of hydrogen-bond acceptors (Lipinski definition) is 4. The highest BCUT2D eigenvalue weighted by molar-refractivity contribution is 7.09. The Bertz CT molecular complexity index is 554. The molecule has 1 aromatic heterocycles. The largest absolute Gasteiger partial charge is 0.486 e. The van der Waals surface area contributed by atoms with Gasteiger partial charge in [-0.05, 0) is 18.6 Å². The van der Waals surface area contributed by atoms with Crippen molar-refractivity contribution in [3.8, 4) is 5.75 Å². The van der Waals surface area contributed by atoms with Gasteiger partial charge in [-0.25, -0.2) is 4.98 Å². The van der Waals surface area contributed by atoms with Gasteiger partial charge in [0, 0.05) is 11.9 Å². The first kappa shape index (κ1) is 15.5. The average Bonchev–Trinajstić information content (AvgIpc) is 2.94. The molecule has 0 unspecified atom stereocenters. The highest BCUT2D eigenvalue weighted by Gasteiger charge is 2.07.